The molecule has 3 rings (SSSR count). The fourth-order valence-electron chi connectivity index (χ4n) is 3.07. The average Bonchev–Trinajstić information content (AvgIpc) is 3.03. The van der Waals surface area contributed by atoms with Crippen molar-refractivity contribution >= 4 is 9.84 Å². The molecule has 0 N–H and O–H groups in total. The van der Waals surface area contributed by atoms with Crippen molar-refractivity contribution in [2.45, 2.75) is 36.9 Å². The van der Waals surface area contributed by atoms with Crippen LogP contribution < -0.4 is 0 Å². The van der Waals surface area contributed by atoms with E-state index in [9.17, 15) is 26.9 Å². The molecule has 0 spiro atoms. The molecule has 0 unspecified atom stereocenters. The highest BCUT2D eigenvalue weighted by atomic mass is 32.2. The molecule has 0 bridgehead atoms. The zero-order valence-corrected chi connectivity index (χ0v) is 15.8. The van der Waals surface area contributed by atoms with Gasteiger partial charge in [0.1, 0.15) is 11.0 Å². The number of aryl methyl sites for hydroxylation is 2. The Labute approximate surface area is 160 Å². The summed E-state index contributed by atoms with van der Waals surface area (Å²) in [5, 5.41) is 9.36. The average molecular weight is 407 g/mol. The van der Waals surface area contributed by atoms with Gasteiger partial charge in [-0.3, -0.25) is 0 Å². The number of alkyl halides is 3. The number of nitrogens with zero attached hydrogens (tertiary/aromatic N) is 1. The largest absolute Gasteiger partial charge is 0.468 e. The lowest BCUT2D eigenvalue weighted by Gasteiger charge is -2.17. The number of sulfone groups is 1. The molecule has 0 saturated carbocycles. The van der Waals surface area contributed by atoms with Gasteiger partial charge in [0.2, 0.25) is 15.6 Å². The maximum Gasteiger partial charge on any atom is 0.450 e. The lowest BCUT2D eigenvalue weighted by Crippen LogP contribution is -2.19. The predicted octanol–water partition coefficient (Wildman–Crippen LogP) is 4.56. The maximum absolute atomic E-state index is 13.6. The molecule has 2 aromatic carbocycles. The van der Waals surface area contributed by atoms with Crippen molar-refractivity contribution in [1.82, 2.24) is 0 Å². The van der Waals surface area contributed by atoms with Gasteiger partial charge in [0.05, 0.1) is 10.8 Å². The van der Waals surface area contributed by atoms with Gasteiger partial charge in [-0.15, -0.1) is 0 Å². The van der Waals surface area contributed by atoms with Crippen molar-refractivity contribution in [1.29, 1.82) is 5.26 Å². The SMILES string of the molecule is Cc1ccc([C@H]2C(S(=O)(=O)c3ccc(C)cc3)=C(C(F)(F)F)O[C@@H]2C#N)cc1. The smallest absolute Gasteiger partial charge is 0.450 e. The number of hydrogen-bond donors (Lipinski definition) is 0. The van der Waals surface area contributed by atoms with Crippen LogP contribution in [-0.2, 0) is 14.6 Å². The summed E-state index contributed by atoms with van der Waals surface area (Å²) >= 11 is 0. The number of allylic oxidation sites excluding steroid dienone is 1. The van der Waals surface area contributed by atoms with Crippen molar-refractivity contribution in [3.63, 3.8) is 0 Å². The van der Waals surface area contributed by atoms with Crippen molar-refractivity contribution in [2.24, 2.45) is 0 Å². The van der Waals surface area contributed by atoms with Gasteiger partial charge < -0.3 is 4.74 Å². The van der Waals surface area contributed by atoms with Crippen LogP contribution in [-0.4, -0.2) is 20.7 Å². The van der Waals surface area contributed by atoms with E-state index in [0.717, 1.165) is 11.1 Å². The summed E-state index contributed by atoms with van der Waals surface area (Å²) in [6, 6.07) is 13.5. The quantitative estimate of drug-likeness (QED) is 0.748. The van der Waals surface area contributed by atoms with Crippen molar-refractivity contribution in [3.05, 3.63) is 75.9 Å². The van der Waals surface area contributed by atoms with E-state index in [0.29, 0.717) is 0 Å². The molecule has 28 heavy (non-hydrogen) atoms. The lowest BCUT2D eigenvalue weighted by molar-refractivity contribution is -0.130. The molecule has 0 fully saturated rings. The monoisotopic (exact) mass is 407 g/mol. The van der Waals surface area contributed by atoms with Gasteiger partial charge in [-0.2, -0.15) is 18.4 Å². The molecule has 8 heteroatoms. The van der Waals surface area contributed by atoms with Crippen LogP contribution in [0.5, 0.6) is 0 Å². The zero-order chi connectivity index (χ0) is 20.7. The summed E-state index contributed by atoms with van der Waals surface area (Å²) in [4.78, 5) is -1.21. The van der Waals surface area contributed by atoms with E-state index in [1.54, 1.807) is 32.0 Å². The minimum absolute atomic E-state index is 0.266. The Kier molecular flexibility index (Phi) is 4.98. The van der Waals surface area contributed by atoms with Gasteiger partial charge in [-0.05, 0) is 31.5 Å². The van der Waals surface area contributed by atoms with Gasteiger partial charge in [-0.1, -0.05) is 47.5 Å². The molecule has 2 aromatic rings. The van der Waals surface area contributed by atoms with Gasteiger partial charge in [0, 0.05) is 0 Å². The van der Waals surface area contributed by atoms with Crippen LogP contribution in [0.1, 0.15) is 22.6 Å². The molecule has 0 aromatic heterocycles. The summed E-state index contributed by atoms with van der Waals surface area (Å²) < 4.78 is 72.0. The standard InChI is InChI=1S/C20H16F3NO3S/c1-12-3-7-14(8-4-12)17-16(11-24)27-19(20(21,22)23)18(17)28(25,26)15-9-5-13(2)6-10-15/h3-10,16-17H,1-2H3/t16-,17-/m1/s1. The Morgan fingerprint density at radius 2 is 1.46 bits per heavy atom. The molecule has 1 aliphatic heterocycles. The molecule has 4 nitrogen and oxygen atoms in total. The predicted molar refractivity (Wildman–Crippen MR) is 95.9 cm³/mol. The zero-order valence-electron chi connectivity index (χ0n) is 15.0. The van der Waals surface area contributed by atoms with E-state index >= 15 is 0 Å². The van der Waals surface area contributed by atoms with Gasteiger partial charge in [0.25, 0.3) is 0 Å². The van der Waals surface area contributed by atoms with Crippen molar-refractivity contribution in [2.75, 3.05) is 0 Å². The molecule has 0 aliphatic carbocycles. The van der Waals surface area contributed by atoms with Crippen molar-refractivity contribution in [3.8, 4) is 6.07 Å². The third-order valence-electron chi connectivity index (χ3n) is 4.50. The molecule has 0 saturated heterocycles. The van der Waals surface area contributed by atoms with Gasteiger partial charge in [-0.25, -0.2) is 8.42 Å². The number of rotatable bonds is 3. The molecule has 1 aliphatic rings. The minimum atomic E-state index is -5.05. The van der Waals surface area contributed by atoms with E-state index in [1.807, 2.05) is 0 Å². The first-order valence-electron chi connectivity index (χ1n) is 8.31. The molecule has 2 atom stereocenters. The second-order valence-corrected chi connectivity index (χ2v) is 8.48. The van der Waals surface area contributed by atoms with Crippen LogP contribution in [0.15, 0.2) is 64.1 Å². The van der Waals surface area contributed by atoms with Crippen LogP contribution in [0.4, 0.5) is 13.2 Å². The number of halogens is 3. The number of hydrogen-bond acceptors (Lipinski definition) is 4. The first kappa shape index (κ1) is 20.0. The summed E-state index contributed by atoms with van der Waals surface area (Å²) in [6.45, 7) is 3.52. The fourth-order valence-corrected chi connectivity index (χ4v) is 4.82. The van der Waals surface area contributed by atoms with Crippen molar-refractivity contribution < 1.29 is 26.3 Å². The Hall–Kier alpha value is -2.79. The topological polar surface area (TPSA) is 67.2 Å². The fraction of sp³-hybridized carbons (Fsp3) is 0.250. The summed E-state index contributed by atoms with van der Waals surface area (Å²) in [7, 11) is -4.55. The van der Waals surface area contributed by atoms with Crippen LogP contribution >= 0.6 is 0 Å². The van der Waals surface area contributed by atoms with Crippen LogP contribution in [0.25, 0.3) is 0 Å². The summed E-state index contributed by atoms with van der Waals surface area (Å²) in [5.74, 6) is -3.02. The third kappa shape index (κ3) is 3.50. The van der Waals surface area contributed by atoms with E-state index in [1.165, 1.54) is 36.4 Å². The number of ether oxygens (including phenoxy) is 1. The Morgan fingerprint density at radius 3 is 1.93 bits per heavy atom. The van der Waals surface area contributed by atoms with E-state index in [-0.39, 0.29) is 10.5 Å². The van der Waals surface area contributed by atoms with E-state index in [2.05, 4.69) is 0 Å². The molecule has 146 valence electrons. The number of benzene rings is 2. The summed E-state index contributed by atoms with van der Waals surface area (Å²) in [6.07, 6.45) is -6.66. The number of nitriles is 1. The minimum Gasteiger partial charge on any atom is -0.468 e. The lowest BCUT2D eigenvalue weighted by atomic mass is 9.94. The maximum atomic E-state index is 13.6. The van der Waals surface area contributed by atoms with Crippen LogP contribution in [0, 0.1) is 25.2 Å². The van der Waals surface area contributed by atoms with E-state index in [4.69, 9.17) is 4.74 Å². The second kappa shape index (κ2) is 6.99. The first-order chi connectivity index (χ1) is 13.1. The molecule has 0 amide bonds. The molecular weight excluding hydrogens is 391 g/mol. The van der Waals surface area contributed by atoms with E-state index < -0.39 is 38.7 Å². The normalized spacial score (nSPS) is 20.0. The Balaban J connectivity index is 2.27. The second-order valence-electron chi connectivity index (χ2n) is 6.56. The van der Waals surface area contributed by atoms with Crippen LogP contribution in [0.3, 0.4) is 0 Å². The molecule has 0 radical (unpaired) electrons. The van der Waals surface area contributed by atoms with Gasteiger partial charge >= 0.3 is 6.18 Å². The third-order valence-corrected chi connectivity index (χ3v) is 6.41. The highest BCUT2D eigenvalue weighted by Crippen LogP contribution is 2.48. The highest BCUT2D eigenvalue weighted by Gasteiger charge is 2.53. The summed E-state index contributed by atoms with van der Waals surface area (Å²) in [5.41, 5.74) is 1.87. The van der Waals surface area contributed by atoms with Gasteiger partial charge in [0.15, 0.2) is 6.10 Å². The van der Waals surface area contributed by atoms with Crippen LogP contribution in [0.2, 0.25) is 0 Å². The Morgan fingerprint density at radius 1 is 0.964 bits per heavy atom. The highest BCUT2D eigenvalue weighted by molar-refractivity contribution is 7.95. The first-order valence-corrected chi connectivity index (χ1v) is 9.80. The molecular formula is C20H16F3NO3S. The molecule has 1 heterocycles. The Bertz CT molecular complexity index is 1060.